The van der Waals surface area contributed by atoms with Crippen molar-refractivity contribution in [3.63, 3.8) is 0 Å². The highest BCUT2D eigenvalue weighted by Gasteiger charge is 2.39. The van der Waals surface area contributed by atoms with Crippen LogP contribution in [-0.4, -0.2) is 62.6 Å². The third kappa shape index (κ3) is 34.3. The molecular weight excluding hydrogens is 673 g/mol. The summed E-state index contributed by atoms with van der Waals surface area (Å²) in [6, 6.07) is 0. The largest absolute Gasteiger partial charge is 0.465 e. The molecule has 0 saturated heterocycles. The minimum atomic E-state index is -1.03. The van der Waals surface area contributed by atoms with Crippen LogP contribution in [0.4, 0.5) is 0 Å². The molecule has 7 nitrogen and oxygen atoms in total. The van der Waals surface area contributed by atoms with Gasteiger partial charge in [-0.05, 0) is 91.3 Å². The second-order valence-corrected chi connectivity index (χ2v) is 16.6. The number of ether oxygens (including phenoxy) is 2. The topological polar surface area (TPSA) is 84.9 Å². The highest BCUT2D eigenvalue weighted by Crippen LogP contribution is 2.26. The number of rotatable bonds is 39. The van der Waals surface area contributed by atoms with Gasteiger partial charge in [0.2, 0.25) is 0 Å². The summed E-state index contributed by atoms with van der Waals surface area (Å²) in [7, 11) is 3.99. The standard InChI is InChI=1S/C47H88N2O5/c1-7-9-11-13-15-17-19-21-23-25-27-29-31-33-35-38-43(50)53-42-47(3,4)45(46(52)48-40-37-41-49(5)6)54-44(51)39-36-34-32-30-28-26-24-22-20-18-16-14-12-10-8-2/h21-24,45H,7-20,25-42H2,1-6H3,(H,48,52)/b23-21-,24-22-. The Morgan fingerprint density at radius 3 is 1.37 bits per heavy atom. The Balaban J connectivity index is 4.43. The molecule has 0 radical (unpaired) electrons. The lowest BCUT2D eigenvalue weighted by atomic mass is 9.86. The number of hydrogen-bond donors (Lipinski definition) is 1. The Morgan fingerprint density at radius 2 is 0.944 bits per heavy atom. The van der Waals surface area contributed by atoms with Crippen molar-refractivity contribution in [1.82, 2.24) is 10.2 Å². The van der Waals surface area contributed by atoms with Gasteiger partial charge >= 0.3 is 11.9 Å². The van der Waals surface area contributed by atoms with Crippen LogP contribution in [0.1, 0.15) is 214 Å². The molecule has 316 valence electrons. The zero-order valence-corrected chi connectivity index (χ0v) is 36.5. The van der Waals surface area contributed by atoms with E-state index >= 15 is 0 Å². The van der Waals surface area contributed by atoms with Crippen LogP contribution in [-0.2, 0) is 23.9 Å². The summed E-state index contributed by atoms with van der Waals surface area (Å²) in [5.74, 6) is -0.954. The maximum atomic E-state index is 13.3. The zero-order chi connectivity index (χ0) is 40.0. The van der Waals surface area contributed by atoms with Crippen LogP contribution >= 0.6 is 0 Å². The fourth-order valence-electron chi connectivity index (χ4n) is 6.55. The van der Waals surface area contributed by atoms with Crippen LogP contribution in [0.2, 0.25) is 0 Å². The number of carbonyl (C=O) groups excluding carboxylic acids is 3. The van der Waals surface area contributed by atoms with Crippen molar-refractivity contribution in [2.24, 2.45) is 5.41 Å². The first kappa shape index (κ1) is 51.9. The summed E-state index contributed by atoms with van der Waals surface area (Å²) >= 11 is 0. The number of hydrogen-bond acceptors (Lipinski definition) is 6. The molecule has 0 saturated carbocycles. The second kappa shape index (κ2) is 37.8. The summed E-state index contributed by atoms with van der Waals surface area (Å²) in [5.41, 5.74) is -0.859. The summed E-state index contributed by atoms with van der Waals surface area (Å²) < 4.78 is 11.5. The van der Waals surface area contributed by atoms with Crippen LogP contribution in [0.3, 0.4) is 0 Å². The maximum Gasteiger partial charge on any atom is 0.306 e. The fraction of sp³-hybridized carbons (Fsp3) is 0.851. The van der Waals surface area contributed by atoms with Gasteiger partial charge in [0.25, 0.3) is 5.91 Å². The summed E-state index contributed by atoms with van der Waals surface area (Å²) in [6.45, 7) is 9.55. The lowest BCUT2D eigenvalue weighted by Crippen LogP contribution is -2.49. The van der Waals surface area contributed by atoms with Crippen LogP contribution in [0.5, 0.6) is 0 Å². The number of esters is 2. The van der Waals surface area contributed by atoms with Gasteiger partial charge in [0.15, 0.2) is 6.10 Å². The average molecular weight is 761 g/mol. The molecule has 0 spiro atoms. The molecule has 54 heavy (non-hydrogen) atoms. The molecule has 1 N–H and O–H groups in total. The molecular formula is C47H88N2O5. The van der Waals surface area contributed by atoms with E-state index in [9.17, 15) is 14.4 Å². The predicted molar refractivity (Wildman–Crippen MR) is 230 cm³/mol. The molecule has 0 aromatic heterocycles. The lowest BCUT2D eigenvalue weighted by molar-refractivity contribution is -0.169. The van der Waals surface area contributed by atoms with E-state index in [1.807, 2.05) is 27.9 Å². The van der Waals surface area contributed by atoms with Gasteiger partial charge in [-0.25, -0.2) is 0 Å². The summed E-state index contributed by atoms with van der Waals surface area (Å²) in [5, 5.41) is 2.95. The average Bonchev–Trinajstić information content (AvgIpc) is 3.14. The first-order valence-electron chi connectivity index (χ1n) is 22.7. The summed E-state index contributed by atoms with van der Waals surface area (Å²) in [4.78, 5) is 40.9. The fourth-order valence-corrected chi connectivity index (χ4v) is 6.55. The number of amides is 1. The quantitative estimate of drug-likeness (QED) is 0.0381. The van der Waals surface area contributed by atoms with E-state index in [0.717, 1.165) is 70.8 Å². The van der Waals surface area contributed by atoms with Crippen molar-refractivity contribution in [3.8, 4) is 0 Å². The molecule has 0 aliphatic rings. The van der Waals surface area contributed by atoms with Gasteiger partial charge in [-0.1, -0.05) is 155 Å². The Kier molecular flexibility index (Phi) is 36.3. The van der Waals surface area contributed by atoms with E-state index in [0.29, 0.717) is 13.0 Å². The molecule has 0 fully saturated rings. The van der Waals surface area contributed by atoms with Crippen molar-refractivity contribution in [2.75, 3.05) is 33.8 Å². The van der Waals surface area contributed by atoms with Gasteiger partial charge in [0, 0.05) is 24.8 Å². The van der Waals surface area contributed by atoms with Crippen molar-refractivity contribution >= 4 is 17.8 Å². The number of allylic oxidation sites excluding steroid dienone is 4. The van der Waals surface area contributed by atoms with E-state index in [1.165, 1.54) is 109 Å². The normalized spacial score (nSPS) is 12.6. The van der Waals surface area contributed by atoms with Gasteiger partial charge in [-0.15, -0.1) is 0 Å². The second-order valence-electron chi connectivity index (χ2n) is 16.6. The smallest absolute Gasteiger partial charge is 0.306 e. The monoisotopic (exact) mass is 761 g/mol. The highest BCUT2D eigenvalue weighted by atomic mass is 16.6. The first-order chi connectivity index (χ1) is 26.1. The van der Waals surface area contributed by atoms with Gasteiger partial charge in [-0.2, -0.15) is 0 Å². The summed E-state index contributed by atoms with van der Waals surface area (Å²) in [6.07, 6.45) is 41.0. The molecule has 0 heterocycles. The molecule has 0 aromatic carbocycles. The van der Waals surface area contributed by atoms with Gasteiger partial charge < -0.3 is 19.7 Å². The molecule has 1 unspecified atom stereocenters. The number of unbranched alkanes of at least 4 members (excludes halogenated alkanes) is 22. The van der Waals surface area contributed by atoms with Gasteiger partial charge in [-0.3, -0.25) is 14.4 Å². The molecule has 0 aliphatic heterocycles. The minimum absolute atomic E-state index is 0.0212. The maximum absolute atomic E-state index is 13.3. The van der Waals surface area contributed by atoms with Crippen LogP contribution in [0, 0.1) is 5.41 Å². The molecule has 1 amide bonds. The zero-order valence-electron chi connectivity index (χ0n) is 36.5. The first-order valence-corrected chi connectivity index (χ1v) is 22.7. The molecule has 1 atom stereocenters. The van der Waals surface area contributed by atoms with E-state index < -0.39 is 11.5 Å². The Morgan fingerprint density at radius 1 is 0.556 bits per heavy atom. The Bertz CT molecular complexity index is 944. The van der Waals surface area contributed by atoms with Crippen molar-refractivity contribution in [3.05, 3.63) is 24.3 Å². The van der Waals surface area contributed by atoms with Crippen molar-refractivity contribution in [1.29, 1.82) is 0 Å². The van der Waals surface area contributed by atoms with Crippen LogP contribution in [0.25, 0.3) is 0 Å². The van der Waals surface area contributed by atoms with Crippen molar-refractivity contribution < 1.29 is 23.9 Å². The Labute approximate surface area is 334 Å². The molecule has 0 bridgehead atoms. The molecule has 0 aromatic rings. The van der Waals surface area contributed by atoms with E-state index in [1.54, 1.807) is 0 Å². The Hall–Kier alpha value is -2.15. The minimum Gasteiger partial charge on any atom is -0.465 e. The van der Waals surface area contributed by atoms with Gasteiger partial charge in [0.05, 0.1) is 0 Å². The van der Waals surface area contributed by atoms with Crippen LogP contribution in [0.15, 0.2) is 24.3 Å². The van der Waals surface area contributed by atoms with E-state index in [4.69, 9.17) is 9.47 Å². The third-order valence-corrected chi connectivity index (χ3v) is 10.2. The molecule has 0 rings (SSSR count). The number of carbonyl (C=O) groups is 3. The third-order valence-electron chi connectivity index (χ3n) is 10.2. The van der Waals surface area contributed by atoms with E-state index in [-0.39, 0.29) is 30.9 Å². The number of nitrogens with zero attached hydrogens (tertiary/aromatic N) is 1. The van der Waals surface area contributed by atoms with Crippen LogP contribution < -0.4 is 5.32 Å². The molecule has 0 aliphatic carbocycles. The predicted octanol–water partition coefficient (Wildman–Crippen LogP) is 12.6. The van der Waals surface area contributed by atoms with Gasteiger partial charge in [0.1, 0.15) is 6.61 Å². The highest BCUT2D eigenvalue weighted by molar-refractivity contribution is 5.84. The van der Waals surface area contributed by atoms with E-state index in [2.05, 4.69) is 48.4 Å². The number of nitrogens with one attached hydrogen (secondary N) is 1. The molecule has 7 heteroatoms. The lowest BCUT2D eigenvalue weighted by Gasteiger charge is -2.32. The van der Waals surface area contributed by atoms with Crippen molar-refractivity contribution in [2.45, 2.75) is 220 Å². The SMILES string of the molecule is CCCCCCCC/C=C\CCCCCCCC(=O)OCC(C)(C)C(OC(=O)CCCCCCC/C=C\CCCCCCCC)C(=O)NCCCN(C)C.